The van der Waals surface area contributed by atoms with E-state index < -0.39 is 0 Å². The molecule has 0 saturated heterocycles. The first-order chi connectivity index (χ1) is 11.7. The van der Waals surface area contributed by atoms with Gasteiger partial charge < -0.3 is 19.4 Å². The predicted octanol–water partition coefficient (Wildman–Crippen LogP) is 2.30. The fourth-order valence-corrected chi connectivity index (χ4v) is 3.80. The number of benzene rings is 1. The number of carbonyl (C=O) groups excluding carboxylic acids is 1. The molecule has 2 aromatic rings. The number of halogens is 1. The minimum absolute atomic E-state index is 0.00912. The molecular weight excluding hydrogens is 374 g/mol. The zero-order chi connectivity index (χ0) is 16.5. The highest BCUT2D eigenvalue weighted by molar-refractivity contribution is 9.10. The molecule has 0 radical (unpaired) electrons. The van der Waals surface area contributed by atoms with Gasteiger partial charge in [0.15, 0.2) is 11.5 Å². The summed E-state index contributed by atoms with van der Waals surface area (Å²) in [5, 5.41) is 3.04. The summed E-state index contributed by atoms with van der Waals surface area (Å²) in [5.41, 5.74) is 2.11. The van der Waals surface area contributed by atoms with E-state index in [1.807, 2.05) is 24.7 Å². The van der Waals surface area contributed by atoms with E-state index in [1.165, 1.54) is 0 Å². The van der Waals surface area contributed by atoms with Gasteiger partial charge in [-0.3, -0.25) is 4.79 Å². The predicted molar refractivity (Wildman–Crippen MR) is 91.0 cm³/mol. The normalized spacial score (nSPS) is 18.8. The summed E-state index contributed by atoms with van der Waals surface area (Å²) in [7, 11) is 0. The van der Waals surface area contributed by atoms with E-state index in [9.17, 15) is 4.79 Å². The van der Waals surface area contributed by atoms with E-state index in [0.29, 0.717) is 19.8 Å². The Kier molecular flexibility index (Phi) is 4.18. The molecule has 24 heavy (non-hydrogen) atoms. The SMILES string of the molecule is O=C(NCc1cc(Br)c2c(c1)OCCO2)[C@H]1CCn2cncc2C1. The van der Waals surface area contributed by atoms with Crippen LogP contribution in [0.25, 0.3) is 0 Å². The number of nitrogens with zero attached hydrogens (tertiary/aromatic N) is 2. The second-order valence-electron chi connectivity index (χ2n) is 6.09. The van der Waals surface area contributed by atoms with Gasteiger partial charge in [0.1, 0.15) is 13.2 Å². The lowest BCUT2D eigenvalue weighted by Crippen LogP contribution is -2.34. The Morgan fingerprint density at radius 1 is 1.38 bits per heavy atom. The number of amides is 1. The van der Waals surface area contributed by atoms with Gasteiger partial charge in [-0.25, -0.2) is 4.98 Å². The van der Waals surface area contributed by atoms with Crippen molar-refractivity contribution in [3.05, 3.63) is 40.4 Å². The van der Waals surface area contributed by atoms with Gasteiger partial charge in [0.25, 0.3) is 0 Å². The highest BCUT2D eigenvalue weighted by Crippen LogP contribution is 2.38. The zero-order valence-corrected chi connectivity index (χ0v) is 14.7. The van der Waals surface area contributed by atoms with Crippen LogP contribution in [0.1, 0.15) is 17.7 Å². The smallest absolute Gasteiger partial charge is 0.223 e. The molecule has 7 heteroatoms. The fraction of sp³-hybridized carbons (Fsp3) is 0.412. The molecular formula is C17H18BrN3O3. The Balaban J connectivity index is 1.40. The summed E-state index contributed by atoms with van der Waals surface area (Å²) in [6.07, 6.45) is 5.27. The van der Waals surface area contributed by atoms with Gasteiger partial charge in [-0.15, -0.1) is 0 Å². The molecule has 4 rings (SSSR count). The van der Waals surface area contributed by atoms with Crippen LogP contribution in [0.4, 0.5) is 0 Å². The quantitative estimate of drug-likeness (QED) is 0.871. The third kappa shape index (κ3) is 3.00. The number of ether oxygens (including phenoxy) is 2. The number of hydrogen-bond acceptors (Lipinski definition) is 4. The van der Waals surface area contributed by atoms with E-state index in [2.05, 4.69) is 30.8 Å². The first-order valence-corrected chi connectivity index (χ1v) is 8.85. The minimum atomic E-state index is 0.00912. The minimum Gasteiger partial charge on any atom is -0.486 e. The summed E-state index contributed by atoms with van der Waals surface area (Å²) in [4.78, 5) is 16.6. The summed E-state index contributed by atoms with van der Waals surface area (Å²) >= 11 is 3.50. The lowest BCUT2D eigenvalue weighted by atomic mass is 9.95. The van der Waals surface area contributed by atoms with Gasteiger partial charge >= 0.3 is 0 Å². The summed E-state index contributed by atoms with van der Waals surface area (Å²) in [6.45, 7) is 2.43. The average Bonchev–Trinajstić information content (AvgIpc) is 3.07. The van der Waals surface area contributed by atoms with Crippen LogP contribution < -0.4 is 14.8 Å². The maximum atomic E-state index is 12.5. The first-order valence-electron chi connectivity index (χ1n) is 8.05. The summed E-state index contributed by atoms with van der Waals surface area (Å²) in [5.74, 6) is 1.56. The van der Waals surface area contributed by atoms with Crippen molar-refractivity contribution in [2.45, 2.75) is 25.9 Å². The lowest BCUT2D eigenvalue weighted by molar-refractivity contribution is -0.125. The standard InChI is InChI=1S/C17H18BrN3O3/c18-14-5-11(6-15-16(14)24-4-3-23-15)8-20-17(22)12-1-2-21-10-19-9-13(21)7-12/h5-6,9-10,12H,1-4,7-8H2,(H,20,22)/t12-/m0/s1. The molecule has 126 valence electrons. The maximum absolute atomic E-state index is 12.5. The van der Waals surface area contributed by atoms with E-state index >= 15 is 0 Å². The Bertz CT molecular complexity index is 774. The first kappa shape index (κ1) is 15.5. The second-order valence-corrected chi connectivity index (χ2v) is 6.94. The Morgan fingerprint density at radius 3 is 3.17 bits per heavy atom. The van der Waals surface area contributed by atoms with Crippen molar-refractivity contribution in [2.75, 3.05) is 13.2 Å². The van der Waals surface area contributed by atoms with Crippen LogP contribution in [0, 0.1) is 5.92 Å². The number of hydrogen-bond donors (Lipinski definition) is 1. The second kappa shape index (κ2) is 6.47. The molecule has 0 fully saturated rings. The lowest BCUT2D eigenvalue weighted by Gasteiger charge is -2.23. The van der Waals surface area contributed by atoms with Gasteiger partial charge in [0.2, 0.25) is 5.91 Å². The Morgan fingerprint density at radius 2 is 2.25 bits per heavy atom. The van der Waals surface area contributed by atoms with Crippen LogP contribution in [0.2, 0.25) is 0 Å². The van der Waals surface area contributed by atoms with E-state index in [1.54, 1.807) is 0 Å². The molecule has 0 bridgehead atoms. The zero-order valence-electron chi connectivity index (χ0n) is 13.1. The molecule has 1 aromatic heterocycles. The van der Waals surface area contributed by atoms with Crippen molar-refractivity contribution < 1.29 is 14.3 Å². The van der Waals surface area contributed by atoms with E-state index in [0.717, 1.165) is 46.6 Å². The van der Waals surface area contributed by atoms with Crippen molar-refractivity contribution in [2.24, 2.45) is 5.92 Å². The van der Waals surface area contributed by atoms with Gasteiger partial charge in [0, 0.05) is 37.3 Å². The fourth-order valence-electron chi connectivity index (χ4n) is 3.19. The van der Waals surface area contributed by atoms with Crippen LogP contribution in [0.15, 0.2) is 29.1 Å². The number of imidazole rings is 1. The molecule has 1 aromatic carbocycles. The van der Waals surface area contributed by atoms with E-state index in [-0.39, 0.29) is 11.8 Å². The molecule has 1 N–H and O–H groups in total. The molecule has 2 aliphatic heterocycles. The molecule has 0 saturated carbocycles. The highest BCUT2D eigenvalue weighted by atomic mass is 79.9. The number of nitrogens with one attached hydrogen (secondary N) is 1. The Labute approximate surface area is 148 Å². The van der Waals surface area contributed by atoms with Crippen LogP contribution in [0.5, 0.6) is 11.5 Å². The molecule has 2 aliphatic rings. The molecule has 1 atom stereocenters. The molecule has 3 heterocycles. The van der Waals surface area contributed by atoms with Crippen molar-refractivity contribution in [1.29, 1.82) is 0 Å². The van der Waals surface area contributed by atoms with Gasteiger partial charge in [0.05, 0.1) is 10.8 Å². The van der Waals surface area contributed by atoms with Crippen LogP contribution in [0.3, 0.4) is 0 Å². The van der Waals surface area contributed by atoms with Gasteiger partial charge in [-0.2, -0.15) is 0 Å². The van der Waals surface area contributed by atoms with Crippen LogP contribution >= 0.6 is 15.9 Å². The van der Waals surface area contributed by atoms with Crippen molar-refractivity contribution in [3.63, 3.8) is 0 Å². The van der Waals surface area contributed by atoms with Gasteiger partial charge in [-0.1, -0.05) is 0 Å². The number of aryl methyl sites for hydroxylation is 1. The van der Waals surface area contributed by atoms with Crippen molar-refractivity contribution >= 4 is 21.8 Å². The van der Waals surface area contributed by atoms with Crippen LogP contribution in [-0.4, -0.2) is 28.7 Å². The van der Waals surface area contributed by atoms with Crippen LogP contribution in [-0.2, 0) is 24.3 Å². The number of fused-ring (bicyclic) bond motifs is 2. The molecule has 1 amide bonds. The number of aromatic nitrogens is 2. The third-order valence-corrected chi connectivity index (χ3v) is 5.06. The maximum Gasteiger partial charge on any atom is 0.223 e. The summed E-state index contributed by atoms with van der Waals surface area (Å²) < 4.78 is 14.2. The molecule has 6 nitrogen and oxygen atoms in total. The molecule has 0 spiro atoms. The monoisotopic (exact) mass is 391 g/mol. The number of rotatable bonds is 3. The molecule has 0 aliphatic carbocycles. The van der Waals surface area contributed by atoms with Crippen molar-refractivity contribution in [1.82, 2.24) is 14.9 Å². The van der Waals surface area contributed by atoms with Gasteiger partial charge in [-0.05, 0) is 40.0 Å². The Hall–Kier alpha value is -2.02. The van der Waals surface area contributed by atoms with Crippen molar-refractivity contribution in [3.8, 4) is 11.5 Å². The third-order valence-electron chi connectivity index (χ3n) is 4.47. The summed E-state index contributed by atoms with van der Waals surface area (Å²) in [6, 6.07) is 3.89. The van der Waals surface area contributed by atoms with E-state index in [4.69, 9.17) is 9.47 Å². The number of carbonyl (C=O) groups is 1. The topological polar surface area (TPSA) is 65.4 Å². The highest BCUT2D eigenvalue weighted by Gasteiger charge is 2.25. The molecule has 0 unspecified atom stereocenters. The average molecular weight is 392 g/mol. The largest absolute Gasteiger partial charge is 0.486 e.